The topological polar surface area (TPSA) is 63.7 Å². The summed E-state index contributed by atoms with van der Waals surface area (Å²) in [6.45, 7) is 5.87. The zero-order valence-corrected chi connectivity index (χ0v) is 13.2. The molecule has 0 aliphatic heterocycles. The highest BCUT2D eigenvalue weighted by Gasteiger charge is 2.44. The van der Waals surface area contributed by atoms with E-state index >= 15 is 0 Å². The number of carbonyl (C=O) groups is 1. The van der Waals surface area contributed by atoms with Gasteiger partial charge in [-0.1, -0.05) is 20.3 Å². The molecule has 0 heterocycles. The first-order chi connectivity index (χ1) is 8.73. The summed E-state index contributed by atoms with van der Waals surface area (Å²) in [7, 11) is -0.541. The van der Waals surface area contributed by atoms with Crippen molar-refractivity contribution >= 4 is 16.0 Å². The van der Waals surface area contributed by atoms with Crippen LogP contribution in [0.1, 0.15) is 40.0 Å². The predicted octanol–water partition coefficient (Wildman–Crippen LogP) is 1.63. The van der Waals surface area contributed by atoms with Crippen LogP contribution in [0.2, 0.25) is 0 Å². The molecule has 0 aromatic carbocycles. The SMILES string of the molecule is COC(=O)C1CCCC1S(=O)(=O)N(C)C(C)C(C)C. The lowest BCUT2D eigenvalue weighted by molar-refractivity contribution is -0.145. The van der Waals surface area contributed by atoms with Gasteiger partial charge in [-0.25, -0.2) is 12.7 Å². The Hall–Kier alpha value is -0.620. The number of hydrogen-bond donors (Lipinski definition) is 0. The molecule has 1 rings (SSSR count). The summed E-state index contributed by atoms with van der Waals surface area (Å²) in [5.74, 6) is -0.689. The third kappa shape index (κ3) is 3.28. The Bertz CT molecular complexity index is 418. The number of esters is 1. The van der Waals surface area contributed by atoms with Crippen LogP contribution in [0.25, 0.3) is 0 Å². The van der Waals surface area contributed by atoms with Crippen LogP contribution in [0.4, 0.5) is 0 Å². The maximum absolute atomic E-state index is 12.6. The Morgan fingerprint density at radius 2 is 1.84 bits per heavy atom. The Kier molecular flexibility index (Phi) is 5.38. The van der Waals surface area contributed by atoms with Gasteiger partial charge in [0.25, 0.3) is 0 Å². The van der Waals surface area contributed by atoms with Gasteiger partial charge in [0.2, 0.25) is 10.0 Å². The molecule has 1 aliphatic carbocycles. The van der Waals surface area contributed by atoms with E-state index in [1.165, 1.54) is 11.4 Å². The van der Waals surface area contributed by atoms with Crippen LogP contribution in [0, 0.1) is 11.8 Å². The molecule has 112 valence electrons. The Morgan fingerprint density at radius 1 is 1.26 bits per heavy atom. The van der Waals surface area contributed by atoms with Crippen LogP contribution >= 0.6 is 0 Å². The van der Waals surface area contributed by atoms with Gasteiger partial charge in [-0.05, 0) is 25.7 Å². The fourth-order valence-corrected chi connectivity index (χ4v) is 4.83. The lowest BCUT2D eigenvalue weighted by Gasteiger charge is -2.31. The van der Waals surface area contributed by atoms with Gasteiger partial charge in [0, 0.05) is 13.1 Å². The second kappa shape index (κ2) is 6.22. The minimum absolute atomic E-state index is 0.0797. The van der Waals surface area contributed by atoms with E-state index in [2.05, 4.69) is 0 Å². The van der Waals surface area contributed by atoms with Gasteiger partial charge in [-0.2, -0.15) is 0 Å². The summed E-state index contributed by atoms with van der Waals surface area (Å²) in [5, 5.41) is -0.633. The molecular weight excluding hydrogens is 266 g/mol. The molecule has 0 bridgehead atoms. The van der Waals surface area contributed by atoms with Gasteiger partial charge in [0.15, 0.2) is 0 Å². The van der Waals surface area contributed by atoms with E-state index in [0.717, 1.165) is 6.42 Å². The molecule has 0 N–H and O–H groups in total. The summed E-state index contributed by atoms with van der Waals surface area (Å²) >= 11 is 0. The van der Waals surface area contributed by atoms with Crippen LogP contribution in [0.15, 0.2) is 0 Å². The minimum Gasteiger partial charge on any atom is -0.469 e. The van der Waals surface area contributed by atoms with E-state index in [0.29, 0.717) is 12.8 Å². The summed E-state index contributed by atoms with van der Waals surface area (Å²) in [5.41, 5.74) is 0. The second-order valence-corrected chi connectivity index (χ2v) is 7.86. The Labute approximate surface area is 116 Å². The summed E-state index contributed by atoms with van der Waals surface area (Å²) < 4.78 is 31.4. The van der Waals surface area contributed by atoms with Crippen LogP contribution < -0.4 is 0 Å². The van der Waals surface area contributed by atoms with Crippen molar-refractivity contribution in [3.63, 3.8) is 0 Å². The van der Waals surface area contributed by atoms with Crippen LogP contribution in [-0.2, 0) is 19.6 Å². The van der Waals surface area contributed by atoms with E-state index in [-0.39, 0.29) is 12.0 Å². The highest BCUT2D eigenvalue weighted by atomic mass is 32.2. The Balaban J connectivity index is 2.96. The molecule has 5 nitrogen and oxygen atoms in total. The minimum atomic E-state index is -3.45. The van der Waals surface area contributed by atoms with Gasteiger partial charge < -0.3 is 4.74 Å². The molecule has 0 radical (unpaired) electrons. The van der Waals surface area contributed by atoms with Crippen LogP contribution in [0.5, 0.6) is 0 Å². The largest absolute Gasteiger partial charge is 0.469 e. The maximum atomic E-state index is 12.6. The van der Waals surface area contributed by atoms with Crippen LogP contribution in [0.3, 0.4) is 0 Å². The molecule has 0 spiro atoms. The first-order valence-corrected chi connectivity index (χ1v) is 8.28. The summed E-state index contributed by atoms with van der Waals surface area (Å²) in [4.78, 5) is 11.7. The average molecular weight is 291 g/mol. The van der Waals surface area contributed by atoms with Crippen molar-refractivity contribution in [2.75, 3.05) is 14.2 Å². The number of rotatable bonds is 5. The van der Waals surface area contributed by atoms with Crippen molar-refractivity contribution in [1.29, 1.82) is 0 Å². The zero-order valence-electron chi connectivity index (χ0n) is 12.4. The molecule has 1 saturated carbocycles. The lowest BCUT2D eigenvalue weighted by atomic mass is 10.1. The number of methoxy groups -OCH3 is 1. The molecule has 1 fully saturated rings. The van der Waals surface area contributed by atoms with Gasteiger partial charge in [0.1, 0.15) is 0 Å². The normalized spacial score (nSPS) is 25.8. The molecule has 0 aromatic heterocycles. The van der Waals surface area contributed by atoms with Crippen molar-refractivity contribution in [3.8, 4) is 0 Å². The summed E-state index contributed by atoms with van der Waals surface area (Å²) in [6, 6.07) is -0.0797. The highest BCUT2D eigenvalue weighted by Crippen LogP contribution is 2.34. The molecule has 6 heteroatoms. The van der Waals surface area contributed by atoms with E-state index in [1.807, 2.05) is 20.8 Å². The van der Waals surface area contributed by atoms with Crippen molar-refractivity contribution in [2.24, 2.45) is 11.8 Å². The highest BCUT2D eigenvalue weighted by molar-refractivity contribution is 7.89. The number of sulfonamides is 1. The van der Waals surface area contributed by atoms with Crippen molar-refractivity contribution in [1.82, 2.24) is 4.31 Å². The predicted molar refractivity (Wildman–Crippen MR) is 74.1 cm³/mol. The molecular formula is C13H25NO4S. The monoisotopic (exact) mass is 291 g/mol. The van der Waals surface area contributed by atoms with E-state index < -0.39 is 27.2 Å². The van der Waals surface area contributed by atoms with E-state index in [4.69, 9.17) is 4.74 Å². The molecule has 3 atom stereocenters. The third-order valence-electron chi connectivity index (χ3n) is 4.28. The van der Waals surface area contributed by atoms with E-state index in [1.54, 1.807) is 7.05 Å². The standard InChI is InChI=1S/C13H25NO4S/c1-9(2)10(3)14(4)19(16,17)12-8-6-7-11(12)13(15)18-5/h9-12H,6-8H2,1-5H3. The van der Waals surface area contributed by atoms with Crippen LogP contribution in [-0.4, -0.2) is 44.1 Å². The molecule has 3 unspecified atom stereocenters. The number of nitrogens with zero attached hydrogens (tertiary/aromatic N) is 1. The zero-order chi connectivity index (χ0) is 14.8. The fourth-order valence-electron chi connectivity index (χ4n) is 2.57. The molecule has 0 aromatic rings. The third-order valence-corrected chi connectivity index (χ3v) is 6.74. The Morgan fingerprint density at radius 3 is 2.32 bits per heavy atom. The van der Waals surface area contributed by atoms with Gasteiger partial charge in [0.05, 0.1) is 18.3 Å². The quantitative estimate of drug-likeness (QED) is 0.722. The van der Waals surface area contributed by atoms with Gasteiger partial charge >= 0.3 is 5.97 Å². The van der Waals surface area contributed by atoms with Crippen molar-refractivity contribution in [2.45, 2.75) is 51.3 Å². The summed E-state index contributed by atoms with van der Waals surface area (Å²) in [6.07, 6.45) is 1.89. The fraction of sp³-hybridized carbons (Fsp3) is 0.923. The lowest BCUT2D eigenvalue weighted by Crippen LogP contribution is -2.45. The molecule has 19 heavy (non-hydrogen) atoms. The second-order valence-electron chi connectivity index (χ2n) is 5.64. The molecule has 0 saturated heterocycles. The van der Waals surface area contributed by atoms with Gasteiger partial charge in [-0.15, -0.1) is 0 Å². The maximum Gasteiger partial charge on any atom is 0.310 e. The smallest absolute Gasteiger partial charge is 0.310 e. The van der Waals surface area contributed by atoms with Crippen molar-refractivity contribution < 1.29 is 17.9 Å². The van der Waals surface area contributed by atoms with E-state index in [9.17, 15) is 13.2 Å². The number of carbonyl (C=O) groups excluding carboxylic acids is 1. The first kappa shape index (κ1) is 16.4. The van der Waals surface area contributed by atoms with Crippen molar-refractivity contribution in [3.05, 3.63) is 0 Å². The molecule has 1 aliphatic rings. The number of ether oxygens (including phenoxy) is 1. The average Bonchev–Trinajstić information content (AvgIpc) is 2.85. The van der Waals surface area contributed by atoms with Gasteiger partial charge in [-0.3, -0.25) is 4.79 Å². The number of hydrogen-bond acceptors (Lipinski definition) is 4. The first-order valence-electron chi connectivity index (χ1n) is 6.78. The molecule has 0 amide bonds.